The number of rotatable bonds is 2. The summed E-state index contributed by atoms with van der Waals surface area (Å²) in [6, 6.07) is -0.197. The highest BCUT2D eigenvalue weighted by molar-refractivity contribution is 6.29. The minimum atomic E-state index is -0.472. The molecule has 17 heavy (non-hydrogen) atoms. The first-order chi connectivity index (χ1) is 8.16. The van der Waals surface area contributed by atoms with Gasteiger partial charge >= 0.3 is 0 Å². The Morgan fingerprint density at radius 2 is 2.18 bits per heavy atom. The van der Waals surface area contributed by atoms with Gasteiger partial charge in [-0.05, 0) is 12.8 Å². The standard InChI is InChI=1S/C11H14ClN3O2/c12-10-6-13-5-8(14-10)11(17)15-7-3-1-2-4-9(7)16/h5-7,9,16H,1-4H2,(H,15,17)/t7-,9-/m1/s1. The summed E-state index contributed by atoms with van der Waals surface area (Å²) >= 11 is 5.66. The second-order valence-electron chi connectivity index (χ2n) is 4.16. The Morgan fingerprint density at radius 1 is 1.41 bits per heavy atom. The topological polar surface area (TPSA) is 75.1 Å². The molecule has 0 radical (unpaired) electrons. The van der Waals surface area contributed by atoms with Crippen molar-refractivity contribution in [1.29, 1.82) is 0 Å². The van der Waals surface area contributed by atoms with Crippen LogP contribution in [0.25, 0.3) is 0 Å². The fourth-order valence-electron chi connectivity index (χ4n) is 1.97. The lowest BCUT2D eigenvalue weighted by Crippen LogP contribution is -2.45. The molecule has 1 aromatic rings. The number of aliphatic hydroxyl groups is 1. The highest BCUT2D eigenvalue weighted by atomic mass is 35.5. The van der Waals surface area contributed by atoms with E-state index in [9.17, 15) is 9.90 Å². The van der Waals surface area contributed by atoms with Crippen LogP contribution in [0.5, 0.6) is 0 Å². The summed E-state index contributed by atoms with van der Waals surface area (Å²) < 4.78 is 0. The molecule has 0 aromatic carbocycles. The zero-order chi connectivity index (χ0) is 12.3. The van der Waals surface area contributed by atoms with Crippen LogP contribution in [0.4, 0.5) is 0 Å². The van der Waals surface area contributed by atoms with Crippen molar-refractivity contribution in [3.8, 4) is 0 Å². The Morgan fingerprint density at radius 3 is 2.88 bits per heavy atom. The predicted molar refractivity (Wildman–Crippen MR) is 62.8 cm³/mol. The average Bonchev–Trinajstić information content (AvgIpc) is 2.32. The third-order valence-corrected chi connectivity index (χ3v) is 3.07. The molecular weight excluding hydrogens is 242 g/mol. The van der Waals surface area contributed by atoms with Crippen LogP contribution in [0, 0.1) is 0 Å². The molecule has 1 amide bonds. The van der Waals surface area contributed by atoms with Crippen molar-refractivity contribution in [2.75, 3.05) is 0 Å². The van der Waals surface area contributed by atoms with E-state index in [4.69, 9.17) is 11.6 Å². The molecule has 92 valence electrons. The van der Waals surface area contributed by atoms with Crippen LogP contribution in [0.1, 0.15) is 36.2 Å². The number of carbonyl (C=O) groups excluding carboxylic acids is 1. The van der Waals surface area contributed by atoms with E-state index in [1.165, 1.54) is 12.4 Å². The van der Waals surface area contributed by atoms with Gasteiger partial charge in [0, 0.05) is 0 Å². The monoisotopic (exact) mass is 255 g/mol. The average molecular weight is 256 g/mol. The van der Waals surface area contributed by atoms with Gasteiger partial charge in [0.15, 0.2) is 0 Å². The van der Waals surface area contributed by atoms with Crippen molar-refractivity contribution in [2.24, 2.45) is 0 Å². The molecule has 2 atom stereocenters. The molecule has 0 bridgehead atoms. The Hall–Kier alpha value is -1.20. The SMILES string of the molecule is O=C(N[C@@H]1CCCC[C@H]1O)c1cncc(Cl)n1. The van der Waals surface area contributed by atoms with Gasteiger partial charge in [-0.15, -0.1) is 0 Å². The van der Waals surface area contributed by atoms with Crippen molar-refractivity contribution >= 4 is 17.5 Å². The van der Waals surface area contributed by atoms with Crippen molar-refractivity contribution < 1.29 is 9.90 Å². The van der Waals surface area contributed by atoms with Gasteiger partial charge in [-0.3, -0.25) is 9.78 Å². The van der Waals surface area contributed by atoms with Crippen molar-refractivity contribution in [3.05, 3.63) is 23.2 Å². The first kappa shape index (κ1) is 12.3. The summed E-state index contributed by atoms with van der Waals surface area (Å²) in [6.07, 6.45) is 5.80. The maximum absolute atomic E-state index is 11.8. The molecule has 0 spiro atoms. The molecule has 1 aliphatic carbocycles. The van der Waals surface area contributed by atoms with E-state index < -0.39 is 6.10 Å². The Labute approximate surface area is 104 Å². The Balaban J connectivity index is 2.01. The Bertz CT molecular complexity index is 413. The molecule has 1 saturated carbocycles. The number of nitrogens with one attached hydrogen (secondary N) is 1. The van der Waals surface area contributed by atoms with Crippen LogP contribution in [0.15, 0.2) is 12.4 Å². The molecule has 2 rings (SSSR count). The van der Waals surface area contributed by atoms with Crippen LogP contribution in [-0.4, -0.2) is 33.1 Å². The second-order valence-corrected chi connectivity index (χ2v) is 4.55. The molecular formula is C11H14ClN3O2. The fraction of sp³-hybridized carbons (Fsp3) is 0.545. The van der Waals surface area contributed by atoms with E-state index in [1.807, 2.05) is 0 Å². The summed E-state index contributed by atoms with van der Waals surface area (Å²) in [5.74, 6) is -0.342. The first-order valence-corrected chi connectivity index (χ1v) is 6.01. The normalized spacial score (nSPS) is 24.4. The molecule has 1 aromatic heterocycles. The van der Waals surface area contributed by atoms with Gasteiger partial charge in [0.05, 0.1) is 24.5 Å². The molecule has 0 aliphatic heterocycles. The lowest BCUT2D eigenvalue weighted by atomic mass is 9.92. The molecule has 6 heteroatoms. The molecule has 1 heterocycles. The molecule has 2 N–H and O–H groups in total. The highest BCUT2D eigenvalue weighted by Crippen LogP contribution is 2.18. The lowest BCUT2D eigenvalue weighted by Gasteiger charge is -2.28. The molecule has 1 aliphatic rings. The summed E-state index contributed by atoms with van der Waals surface area (Å²) in [5.41, 5.74) is 0.176. The number of carbonyl (C=O) groups is 1. The van der Waals surface area contributed by atoms with Crippen LogP contribution < -0.4 is 5.32 Å². The largest absolute Gasteiger partial charge is 0.391 e. The van der Waals surface area contributed by atoms with Crippen molar-refractivity contribution in [1.82, 2.24) is 15.3 Å². The summed E-state index contributed by atoms with van der Waals surface area (Å²) in [7, 11) is 0. The van der Waals surface area contributed by atoms with E-state index in [2.05, 4.69) is 15.3 Å². The summed E-state index contributed by atoms with van der Waals surface area (Å²) in [5, 5.41) is 12.7. The summed E-state index contributed by atoms with van der Waals surface area (Å²) in [6.45, 7) is 0. The van der Waals surface area contributed by atoms with Gasteiger partial charge in [-0.1, -0.05) is 24.4 Å². The Kier molecular flexibility index (Phi) is 3.91. The van der Waals surface area contributed by atoms with Gasteiger partial charge in [0.25, 0.3) is 5.91 Å². The van der Waals surface area contributed by atoms with Crippen LogP contribution >= 0.6 is 11.6 Å². The zero-order valence-electron chi connectivity index (χ0n) is 9.27. The van der Waals surface area contributed by atoms with E-state index >= 15 is 0 Å². The lowest BCUT2D eigenvalue weighted by molar-refractivity contribution is 0.0713. The van der Waals surface area contributed by atoms with E-state index in [1.54, 1.807) is 0 Å². The fourth-order valence-corrected chi connectivity index (χ4v) is 2.12. The quantitative estimate of drug-likeness (QED) is 0.832. The van der Waals surface area contributed by atoms with E-state index in [-0.39, 0.29) is 22.8 Å². The van der Waals surface area contributed by atoms with Gasteiger partial charge < -0.3 is 10.4 Å². The smallest absolute Gasteiger partial charge is 0.271 e. The number of nitrogens with zero attached hydrogens (tertiary/aromatic N) is 2. The minimum absolute atomic E-state index is 0.176. The van der Waals surface area contributed by atoms with Crippen LogP contribution in [0.2, 0.25) is 5.15 Å². The third kappa shape index (κ3) is 3.14. The van der Waals surface area contributed by atoms with E-state index in [0.717, 1.165) is 25.7 Å². The first-order valence-electron chi connectivity index (χ1n) is 5.63. The number of aromatic nitrogens is 2. The van der Waals surface area contributed by atoms with Crippen LogP contribution in [0.3, 0.4) is 0 Å². The molecule has 5 nitrogen and oxygen atoms in total. The zero-order valence-corrected chi connectivity index (χ0v) is 10.0. The number of halogens is 1. The molecule has 1 fully saturated rings. The minimum Gasteiger partial charge on any atom is -0.391 e. The highest BCUT2D eigenvalue weighted by Gasteiger charge is 2.25. The van der Waals surface area contributed by atoms with Gasteiger partial charge in [0.1, 0.15) is 10.8 Å². The van der Waals surface area contributed by atoms with Gasteiger partial charge in [0.2, 0.25) is 0 Å². The van der Waals surface area contributed by atoms with Crippen molar-refractivity contribution in [3.63, 3.8) is 0 Å². The maximum atomic E-state index is 11.8. The molecule has 0 unspecified atom stereocenters. The number of hydrogen-bond acceptors (Lipinski definition) is 4. The van der Waals surface area contributed by atoms with Crippen LogP contribution in [-0.2, 0) is 0 Å². The van der Waals surface area contributed by atoms with Gasteiger partial charge in [-0.2, -0.15) is 0 Å². The number of hydrogen-bond donors (Lipinski definition) is 2. The third-order valence-electron chi connectivity index (χ3n) is 2.88. The predicted octanol–water partition coefficient (Wildman–Crippen LogP) is 1.16. The maximum Gasteiger partial charge on any atom is 0.271 e. The van der Waals surface area contributed by atoms with E-state index in [0.29, 0.717) is 0 Å². The number of aliphatic hydroxyl groups excluding tert-OH is 1. The van der Waals surface area contributed by atoms with Crippen molar-refractivity contribution in [2.45, 2.75) is 37.8 Å². The van der Waals surface area contributed by atoms with Gasteiger partial charge in [-0.25, -0.2) is 4.98 Å². The second kappa shape index (κ2) is 5.42. The number of amides is 1. The summed E-state index contributed by atoms with van der Waals surface area (Å²) in [4.78, 5) is 19.5. The molecule has 0 saturated heterocycles.